The largest absolute Gasteiger partial charge is 0.496 e. The van der Waals surface area contributed by atoms with Crippen LogP contribution in [-0.2, 0) is 4.57 Å². The second kappa shape index (κ2) is 10.6. The fraction of sp³-hybridized carbons (Fsp3) is 0.650. The van der Waals surface area contributed by atoms with E-state index in [4.69, 9.17) is 9.47 Å². The van der Waals surface area contributed by atoms with Crippen LogP contribution in [0.15, 0.2) is 18.2 Å². The highest BCUT2D eigenvalue weighted by Crippen LogP contribution is 2.35. The molecule has 5 heteroatoms. The maximum Gasteiger partial charge on any atom is 0.170 e. The first kappa shape index (κ1) is 19.9. The number of carbonyl (C=O) groups is 1. The molecule has 4 nitrogen and oxygen atoms in total. The van der Waals surface area contributed by atoms with Gasteiger partial charge in [0.05, 0.1) is 14.2 Å². The number of ketones is 1. The number of ether oxygens (including phenoxy) is 2. The van der Waals surface area contributed by atoms with Crippen LogP contribution >= 0.6 is 8.46 Å². The van der Waals surface area contributed by atoms with Gasteiger partial charge < -0.3 is 9.47 Å². The molecule has 1 aliphatic rings. The number of methoxy groups -OCH3 is 2. The van der Waals surface area contributed by atoms with Crippen molar-refractivity contribution in [3.8, 4) is 11.5 Å². The molecule has 0 saturated heterocycles. The van der Waals surface area contributed by atoms with Crippen LogP contribution in [0.25, 0.3) is 0 Å². The highest BCUT2D eigenvalue weighted by Gasteiger charge is 2.24. The molecule has 0 heterocycles. The van der Waals surface area contributed by atoms with Gasteiger partial charge in [0.15, 0.2) is 14.2 Å². The minimum atomic E-state index is 0.0446. The van der Waals surface area contributed by atoms with E-state index in [1.165, 1.54) is 32.1 Å². The highest BCUT2D eigenvalue weighted by molar-refractivity contribution is 7.24. The molecule has 25 heavy (non-hydrogen) atoms. The topological polar surface area (TPSA) is 52.6 Å². The normalized spacial score (nSPS) is 16.6. The molecule has 0 radical (unpaired) electrons. The van der Waals surface area contributed by atoms with Gasteiger partial charge in [0.2, 0.25) is 0 Å². The van der Waals surface area contributed by atoms with Gasteiger partial charge in [-0.05, 0) is 43.7 Å². The van der Waals surface area contributed by atoms with E-state index in [9.17, 15) is 9.36 Å². The first-order valence-corrected chi connectivity index (χ1v) is 10.2. The molecule has 2 rings (SSSR count). The standard InChI is InChI=1S/C20H29O4P/c1-23-17-12-8-13-18(24-2)20(17)16(21)11-6-7-14-19(25-22)15-9-4-3-5-10-15/h8,12-13,15,19H,3-7,9-11,14H2,1-2H3. The summed E-state index contributed by atoms with van der Waals surface area (Å²) in [6.45, 7) is 0. The van der Waals surface area contributed by atoms with Crippen molar-refractivity contribution in [2.75, 3.05) is 14.2 Å². The summed E-state index contributed by atoms with van der Waals surface area (Å²) < 4.78 is 22.1. The van der Waals surface area contributed by atoms with E-state index in [0.717, 1.165) is 19.3 Å². The van der Waals surface area contributed by atoms with Gasteiger partial charge in [-0.2, -0.15) is 0 Å². The summed E-state index contributed by atoms with van der Waals surface area (Å²) in [7, 11) is 3.40. The molecular formula is C20H29O4P. The molecule has 0 spiro atoms. The number of benzene rings is 1. The molecule has 1 aliphatic carbocycles. The summed E-state index contributed by atoms with van der Waals surface area (Å²) in [5, 5.41) is 0. The Balaban J connectivity index is 1.85. The summed E-state index contributed by atoms with van der Waals surface area (Å²) in [6, 6.07) is 5.38. The van der Waals surface area contributed by atoms with Crippen LogP contribution in [0.4, 0.5) is 0 Å². The molecule has 0 amide bonds. The summed E-state index contributed by atoms with van der Waals surface area (Å²) in [5.41, 5.74) is 0.787. The Kier molecular flexibility index (Phi) is 8.40. The maximum absolute atomic E-state index is 12.6. The number of carbonyl (C=O) groups excluding carboxylic acids is 1. The van der Waals surface area contributed by atoms with Crippen LogP contribution < -0.4 is 9.47 Å². The summed E-state index contributed by atoms with van der Waals surface area (Å²) in [4.78, 5) is 12.6. The van der Waals surface area contributed by atoms with Gasteiger partial charge >= 0.3 is 0 Å². The molecule has 1 saturated carbocycles. The first-order valence-electron chi connectivity index (χ1n) is 9.28. The zero-order chi connectivity index (χ0) is 18.1. The second-order valence-electron chi connectivity index (χ2n) is 6.78. The monoisotopic (exact) mass is 364 g/mol. The van der Waals surface area contributed by atoms with E-state index >= 15 is 0 Å². The molecule has 0 aromatic heterocycles. The van der Waals surface area contributed by atoms with E-state index in [1.807, 2.05) is 6.07 Å². The minimum Gasteiger partial charge on any atom is -0.496 e. The summed E-state index contributed by atoms with van der Waals surface area (Å²) in [6.07, 6.45) is 9.39. The predicted molar refractivity (Wildman–Crippen MR) is 100 cm³/mol. The van der Waals surface area contributed by atoms with Crippen LogP contribution in [0.2, 0.25) is 0 Å². The van der Waals surface area contributed by atoms with Gasteiger partial charge in [0.25, 0.3) is 0 Å². The number of Topliss-reactive ketones (excluding diaryl/α,β-unsaturated/α-hetero) is 1. The average Bonchev–Trinajstić information content (AvgIpc) is 2.67. The van der Waals surface area contributed by atoms with E-state index in [-0.39, 0.29) is 19.9 Å². The van der Waals surface area contributed by atoms with Crippen LogP contribution in [0.5, 0.6) is 11.5 Å². The molecule has 1 aromatic carbocycles. The zero-order valence-corrected chi connectivity index (χ0v) is 16.2. The second-order valence-corrected chi connectivity index (χ2v) is 7.65. The van der Waals surface area contributed by atoms with Crippen molar-refractivity contribution < 1.29 is 18.8 Å². The lowest BCUT2D eigenvalue weighted by atomic mass is 9.85. The Morgan fingerprint density at radius 3 is 2.32 bits per heavy atom. The third kappa shape index (κ3) is 5.54. The Labute approximate surface area is 152 Å². The molecule has 1 fully saturated rings. The van der Waals surface area contributed by atoms with Crippen molar-refractivity contribution in [3.05, 3.63) is 23.8 Å². The predicted octanol–water partition coefficient (Wildman–Crippen LogP) is 5.69. The van der Waals surface area contributed by atoms with Crippen LogP contribution in [0.1, 0.15) is 68.1 Å². The fourth-order valence-electron chi connectivity index (χ4n) is 3.78. The molecule has 0 aliphatic heterocycles. The molecule has 1 aromatic rings. The Bertz CT molecular complexity index is 545. The lowest BCUT2D eigenvalue weighted by Crippen LogP contribution is -2.18. The summed E-state index contributed by atoms with van der Waals surface area (Å²) >= 11 is 0. The lowest BCUT2D eigenvalue weighted by molar-refractivity contribution is 0.0973. The number of hydrogen-bond acceptors (Lipinski definition) is 4. The molecule has 0 bridgehead atoms. The molecule has 138 valence electrons. The zero-order valence-electron chi connectivity index (χ0n) is 15.3. The lowest BCUT2D eigenvalue weighted by Gasteiger charge is -2.25. The van der Waals surface area contributed by atoms with E-state index < -0.39 is 0 Å². The Morgan fingerprint density at radius 2 is 1.76 bits per heavy atom. The van der Waals surface area contributed by atoms with Gasteiger partial charge in [-0.15, -0.1) is 0 Å². The third-order valence-corrected chi connectivity index (χ3v) is 6.14. The SMILES string of the molecule is COc1cccc(OC)c1C(=O)CCCCC(P=O)C1CCCCC1. The van der Waals surface area contributed by atoms with Crippen molar-refractivity contribution in [2.45, 2.75) is 63.4 Å². The van der Waals surface area contributed by atoms with E-state index in [1.54, 1.807) is 26.4 Å². The maximum atomic E-state index is 12.6. The molecule has 1 atom stereocenters. The summed E-state index contributed by atoms with van der Waals surface area (Å²) in [5.74, 6) is 1.76. The first-order chi connectivity index (χ1) is 12.2. The van der Waals surface area contributed by atoms with Crippen molar-refractivity contribution in [2.24, 2.45) is 5.92 Å². The Hall–Kier alpha value is -1.41. The number of rotatable bonds is 10. The third-order valence-electron chi connectivity index (χ3n) is 5.19. The van der Waals surface area contributed by atoms with Crippen molar-refractivity contribution in [1.29, 1.82) is 0 Å². The Morgan fingerprint density at radius 1 is 1.12 bits per heavy atom. The molecule has 1 unspecified atom stereocenters. The molecule has 0 N–H and O–H groups in total. The molecular weight excluding hydrogens is 335 g/mol. The van der Waals surface area contributed by atoms with Gasteiger partial charge in [0, 0.05) is 12.1 Å². The van der Waals surface area contributed by atoms with Crippen molar-refractivity contribution in [3.63, 3.8) is 0 Å². The van der Waals surface area contributed by atoms with Crippen molar-refractivity contribution in [1.82, 2.24) is 0 Å². The quantitative estimate of drug-likeness (QED) is 0.304. The van der Waals surface area contributed by atoms with Crippen LogP contribution in [0.3, 0.4) is 0 Å². The average molecular weight is 364 g/mol. The van der Waals surface area contributed by atoms with Gasteiger partial charge in [-0.25, -0.2) is 0 Å². The highest BCUT2D eigenvalue weighted by atomic mass is 31.1. The smallest absolute Gasteiger partial charge is 0.170 e. The fourth-order valence-corrected chi connectivity index (χ4v) is 4.54. The van der Waals surface area contributed by atoms with Crippen LogP contribution in [0, 0.1) is 5.92 Å². The number of hydrogen-bond donors (Lipinski definition) is 0. The van der Waals surface area contributed by atoms with E-state index in [2.05, 4.69) is 0 Å². The van der Waals surface area contributed by atoms with Gasteiger partial charge in [0.1, 0.15) is 17.1 Å². The number of unbranched alkanes of at least 4 members (excludes halogenated alkanes) is 1. The minimum absolute atomic E-state index is 0.0446. The van der Waals surface area contributed by atoms with Crippen LogP contribution in [-0.4, -0.2) is 25.7 Å². The van der Waals surface area contributed by atoms with E-state index in [0.29, 0.717) is 29.4 Å². The van der Waals surface area contributed by atoms with Crippen molar-refractivity contribution >= 4 is 14.2 Å². The van der Waals surface area contributed by atoms with Gasteiger partial charge in [-0.1, -0.05) is 31.7 Å². The van der Waals surface area contributed by atoms with Gasteiger partial charge in [-0.3, -0.25) is 9.36 Å².